The van der Waals surface area contributed by atoms with E-state index < -0.39 is 30.7 Å². The summed E-state index contributed by atoms with van der Waals surface area (Å²) >= 11 is 0. The van der Waals surface area contributed by atoms with Crippen molar-refractivity contribution >= 4 is 0 Å². The maximum atomic E-state index is 9.41. The summed E-state index contributed by atoms with van der Waals surface area (Å²) in [5, 5.41) is 36.9. The molecule has 6 nitrogen and oxygen atoms in total. The Morgan fingerprint density at radius 2 is 1.54 bits per heavy atom. The minimum Gasteiger partial charge on any atom is -0.387 e. The third kappa shape index (κ3) is 1.56. The van der Waals surface area contributed by atoms with Crippen LogP contribution in [0.2, 0.25) is 0 Å². The van der Waals surface area contributed by atoms with E-state index in [0.717, 1.165) is 0 Å². The van der Waals surface area contributed by atoms with E-state index >= 15 is 0 Å². The summed E-state index contributed by atoms with van der Waals surface area (Å²) in [5.41, 5.74) is 0. The van der Waals surface area contributed by atoms with Gasteiger partial charge in [-0.2, -0.15) is 0 Å². The number of epoxide rings is 1. The monoisotopic (exact) mass is 192 g/mol. The van der Waals surface area contributed by atoms with Crippen molar-refractivity contribution < 1.29 is 29.9 Å². The van der Waals surface area contributed by atoms with Gasteiger partial charge in [0.05, 0.1) is 6.61 Å². The molecule has 2 fully saturated rings. The first-order chi connectivity index (χ1) is 6.11. The van der Waals surface area contributed by atoms with Crippen LogP contribution in [0.3, 0.4) is 0 Å². The number of hydrogen-bond acceptors (Lipinski definition) is 6. The minimum absolute atomic E-state index is 0.285. The van der Waals surface area contributed by atoms with Crippen molar-refractivity contribution in [2.24, 2.45) is 0 Å². The number of aliphatic hydroxyl groups is 4. The highest BCUT2D eigenvalue weighted by molar-refractivity contribution is 4.95. The van der Waals surface area contributed by atoms with Gasteiger partial charge in [0.1, 0.15) is 30.5 Å². The second-order valence-corrected chi connectivity index (χ2v) is 3.33. The fraction of sp³-hybridized carbons (Fsp3) is 1.00. The van der Waals surface area contributed by atoms with Gasteiger partial charge >= 0.3 is 0 Å². The summed E-state index contributed by atoms with van der Waals surface area (Å²) in [7, 11) is 0. The molecule has 0 aliphatic carbocycles. The largest absolute Gasteiger partial charge is 0.387 e. The third-order valence-electron chi connectivity index (χ3n) is 2.35. The fourth-order valence-electron chi connectivity index (χ4n) is 1.44. The molecular weight excluding hydrogens is 180 g/mol. The summed E-state index contributed by atoms with van der Waals surface area (Å²) < 4.78 is 9.74. The Morgan fingerprint density at radius 3 is 2.08 bits per heavy atom. The molecule has 13 heavy (non-hydrogen) atoms. The van der Waals surface area contributed by atoms with E-state index in [9.17, 15) is 10.2 Å². The molecule has 0 aromatic heterocycles. The van der Waals surface area contributed by atoms with Gasteiger partial charge in [-0.05, 0) is 0 Å². The van der Waals surface area contributed by atoms with Crippen molar-refractivity contribution in [1.29, 1.82) is 0 Å². The smallest absolute Gasteiger partial charge is 0.184 e. The highest BCUT2D eigenvalue weighted by Gasteiger charge is 2.49. The van der Waals surface area contributed by atoms with Crippen molar-refractivity contribution in [2.75, 3.05) is 6.61 Å². The standard InChI is InChI=1S/C7H12O6/c8-3-4(9)6(2-1-12-2)13-7(11)5(3)10/h2-11H,1H2/t2-,3+,4+,5+,6-,7-/m1/s1. The zero-order chi connectivity index (χ0) is 9.59. The lowest BCUT2D eigenvalue weighted by Crippen LogP contribution is -2.59. The molecule has 0 aromatic carbocycles. The van der Waals surface area contributed by atoms with E-state index in [1.54, 1.807) is 0 Å². The van der Waals surface area contributed by atoms with Gasteiger partial charge in [0.15, 0.2) is 6.29 Å². The summed E-state index contributed by atoms with van der Waals surface area (Å²) in [6.07, 6.45) is -6.58. The summed E-state index contributed by atoms with van der Waals surface area (Å²) in [6, 6.07) is 0. The number of rotatable bonds is 1. The second-order valence-electron chi connectivity index (χ2n) is 3.33. The van der Waals surface area contributed by atoms with Crippen LogP contribution in [0.4, 0.5) is 0 Å². The van der Waals surface area contributed by atoms with Gasteiger partial charge in [0.2, 0.25) is 0 Å². The quantitative estimate of drug-likeness (QED) is 0.334. The summed E-state index contributed by atoms with van der Waals surface area (Å²) in [6.45, 7) is 0.442. The molecule has 2 heterocycles. The lowest BCUT2D eigenvalue weighted by atomic mass is 9.97. The first-order valence-electron chi connectivity index (χ1n) is 4.10. The average Bonchev–Trinajstić information content (AvgIpc) is 2.91. The molecule has 76 valence electrons. The molecule has 2 rings (SSSR count). The maximum absolute atomic E-state index is 9.41. The highest BCUT2D eigenvalue weighted by atomic mass is 16.7. The molecule has 2 aliphatic heterocycles. The third-order valence-corrected chi connectivity index (χ3v) is 2.35. The number of ether oxygens (including phenoxy) is 2. The molecule has 0 spiro atoms. The van der Waals surface area contributed by atoms with E-state index in [-0.39, 0.29) is 6.10 Å². The molecule has 0 radical (unpaired) electrons. The van der Waals surface area contributed by atoms with Gasteiger partial charge in [-0.1, -0.05) is 0 Å². The summed E-state index contributed by atoms with van der Waals surface area (Å²) in [4.78, 5) is 0. The van der Waals surface area contributed by atoms with Crippen LogP contribution >= 0.6 is 0 Å². The molecule has 0 amide bonds. The Bertz CT molecular complexity index is 193. The Labute approximate surface area is 74.3 Å². The van der Waals surface area contributed by atoms with E-state index in [1.165, 1.54) is 0 Å². The van der Waals surface area contributed by atoms with Crippen molar-refractivity contribution in [3.05, 3.63) is 0 Å². The van der Waals surface area contributed by atoms with Gasteiger partial charge < -0.3 is 29.9 Å². The molecule has 0 aromatic rings. The first-order valence-corrected chi connectivity index (χ1v) is 4.10. The van der Waals surface area contributed by atoms with Crippen LogP contribution in [0.5, 0.6) is 0 Å². The lowest BCUT2D eigenvalue weighted by Gasteiger charge is -2.37. The van der Waals surface area contributed by atoms with Crippen LogP contribution in [0, 0.1) is 0 Å². The fourth-order valence-corrected chi connectivity index (χ4v) is 1.44. The van der Waals surface area contributed by atoms with Gasteiger partial charge in [-0.3, -0.25) is 0 Å². The van der Waals surface area contributed by atoms with E-state index in [4.69, 9.17) is 19.7 Å². The Balaban J connectivity index is 2.05. The van der Waals surface area contributed by atoms with Crippen LogP contribution in [-0.4, -0.2) is 63.8 Å². The van der Waals surface area contributed by atoms with E-state index in [2.05, 4.69) is 0 Å². The zero-order valence-electron chi connectivity index (χ0n) is 6.78. The Kier molecular flexibility index (Phi) is 2.26. The Hall–Kier alpha value is -0.240. The van der Waals surface area contributed by atoms with Gasteiger partial charge in [0, 0.05) is 0 Å². The van der Waals surface area contributed by atoms with Gasteiger partial charge in [-0.25, -0.2) is 0 Å². The van der Waals surface area contributed by atoms with Crippen LogP contribution in [-0.2, 0) is 9.47 Å². The average molecular weight is 192 g/mol. The first kappa shape index (κ1) is 9.32. The van der Waals surface area contributed by atoms with Crippen molar-refractivity contribution in [1.82, 2.24) is 0 Å². The predicted octanol–water partition coefficient (Wildman–Crippen LogP) is -2.81. The molecule has 0 bridgehead atoms. The second kappa shape index (κ2) is 3.16. The molecule has 6 heteroatoms. The van der Waals surface area contributed by atoms with Crippen molar-refractivity contribution in [3.63, 3.8) is 0 Å². The molecular formula is C7H12O6. The maximum Gasteiger partial charge on any atom is 0.184 e. The van der Waals surface area contributed by atoms with Crippen LogP contribution in [0.15, 0.2) is 0 Å². The SMILES string of the molecule is O[C@H]1[C@H](O)[C@@H]([C@H]2CO2)O[C@@H](O)[C@H]1O. The van der Waals surface area contributed by atoms with Crippen LogP contribution in [0.1, 0.15) is 0 Å². The molecule has 6 atom stereocenters. The Morgan fingerprint density at radius 1 is 0.923 bits per heavy atom. The normalized spacial score (nSPS) is 56.3. The van der Waals surface area contributed by atoms with Gasteiger partial charge in [-0.15, -0.1) is 0 Å². The van der Waals surface area contributed by atoms with E-state index in [0.29, 0.717) is 6.61 Å². The van der Waals surface area contributed by atoms with Crippen LogP contribution < -0.4 is 0 Å². The topological polar surface area (TPSA) is 103 Å². The molecule has 0 saturated carbocycles. The number of hydrogen-bond donors (Lipinski definition) is 4. The highest BCUT2D eigenvalue weighted by Crippen LogP contribution is 2.28. The van der Waals surface area contributed by atoms with E-state index in [1.807, 2.05) is 0 Å². The molecule has 4 N–H and O–H groups in total. The van der Waals surface area contributed by atoms with Crippen molar-refractivity contribution in [2.45, 2.75) is 36.8 Å². The lowest BCUT2D eigenvalue weighted by molar-refractivity contribution is -0.284. The van der Waals surface area contributed by atoms with Crippen molar-refractivity contribution in [3.8, 4) is 0 Å². The van der Waals surface area contributed by atoms with Crippen LogP contribution in [0.25, 0.3) is 0 Å². The predicted molar refractivity (Wildman–Crippen MR) is 38.6 cm³/mol. The zero-order valence-corrected chi connectivity index (χ0v) is 6.78. The van der Waals surface area contributed by atoms with Gasteiger partial charge in [0.25, 0.3) is 0 Å². The summed E-state index contributed by atoms with van der Waals surface area (Å²) in [5.74, 6) is 0. The minimum atomic E-state index is -1.47. The molecule has 0 unspecified atom stereocenters. The molecule has 2 aliphatic rings. The molecule has 2 saturated heterocycles. The number of aliphatic hydroxyl groups excluding tert-OH is 4.